The second-order valence-corrected chi connectivity index (χ2v) is 6.88. The van der Waals surface area contributed by atoms with Crippen molar-refractivity contribution in [2.45, 2.75) is 25.4 Å². The van der Waals surface area contributed by atoms with Gasteiger partial charge < -0.3 is 14.9 Å². The molecule has 21 heavy (non-hydrogen) atoms. The average molecular weight is 309 g/mol. The molecule has 1 atom stereocenters. The van der Waals surface area contributed by atoms with E-state index in [0.717, 1.165) is 42.6 Å². The van der Waals surface area contributed by atoms with Gasteiger partial charge in [0, 0.05) is 44.3 Å². The Labute approximate surface area is 132 Å². The molecule has 1 unspecified atom stereocenters. The molecular formula is C17H25ClN2O. The van der Waals surface area contributed by atoms with Crippen molar-refractivity contribution >= 4 is 11.6 Å². The molecule has 1 aliphatic heterocycles. The van der Waals surface area contributed by atoms with Crippen molar-refractivity contribution in [3.05, 3.63) is 34.9 Å². The lowest BCUT2D eigenvalue weighted by Crippen LogP contribution is -2.47. The summed E-state index contributed by atoms with van der Waals surface area (Å²) in [6.07, 6.45) is 3.29. The third-order valence-electron chi connectivity index (χ3n) is 4.65. The topological polar surface area (TPSA) is 26.7 Å². The van der Waals surface area contributed by atoms with E-state index in [9.17, 15) is 5.11 Å². The van der Waals surface area contributed by atoms with E-state index < -0.39 is 0 Å². The van der Waals surface area contributed by atoms with Crippen molar-refractivity contribution in [1.82, 2.24) is 9.80 Å². The van der Waals surface area contributed by atoms with Crippen LogP contribution in [0.1, 0.15) is 30.9 Å². The van der Waals surface area contributed by atoms with E-state index in [2.05, 4.69) is 9.80 Å². The summed E-state index contributed by atoms with van der Waals surface area (Å²) in [7, 11) is 0. The summed E-state index contributed by atoms with van der Waals surface area (Å²) in [5.74, 6) is 0.989. The van der Waals surface area contributed by atoms with E-state index in [4.69, 9.17) is 11.6 Å². The van der Waals surface area contributed by atoms with E-state index in [-0.39, 0.29) is 6.10 Å². The number of piperazine rings is 1. The molecule has 2 fully saturated rings. The Balaban J connectivity index is 1.38. The highest BCUT2D eigenvalue weighted by atomic mass is 35.5. The molecule has 0 bridgehead atoms. The molecule has 1 aromatic carbocycles. The fourth-order valence-electron chi connectivity index (χ4n) is 3.02. The fourth-order valence-corrected chi connectivity index (χ4v) is 3.14. The number of rotatable bonds is 6. The molecule has 1 heterocycles. The minimum Gasteiger partial charge on any atom is -0.388 e. The van der Waals surface area contributed by atoms with E-state index in [1.165, 1.54) is 32.5 Å². The first-order valence-corrected chi connectivity index (χ1v) is 8.47. The van der Waals surface area contributed by atoms with Crippen LogP contribution in [0.3, 0.4) is 0 Å². The molecule has 1 N–H and O–H groups in total. The quantitative estimate of drug-likeness (QED) is 0.875. The highest BCUT2D eigenvalue weighted by molar-refractivity contribution is 6.30. The molecule has 4 heteroatoms. The number of aliphatic hydroxyl groups excluding tert-OH is 1. The summed E-state index contributed by atoms with van der Waals surface area (Å²) < 4.78 is 0. The van der Waals surface area contributed by atoms with Crippen LogP contribution in [0.2, 0.25) is 5.02 Å². The second kappa shape index (κ2) is 7.10. The molecule has 0 amide bonds. The van der Waals surface area contributed by atoms with Gasteiger partial charge in [-0.2, -0.15) is 0 Å². The standard InChI is InChI=1S/C17H25ClN2O/c18-16-5-3-15(4-6-16)17(21)7-8-19-9-11-20(12-10-19)13-14-1-2-14/h3-6,14,17,21H,1-2,7-13H2. The van der Waals surface area contributed by atoms with E-state index in [1.807, 2.05) is 24.3 Å². The Morgan fingerprint density at radius 3 is 2.29 bits per heavy atom. The van der Waals surface area contributed by atoms with Crippen LogP contribution in [-0.4, -0.2) is 54.2 Å². The fraction of sp³-hybridized carbons (Fsp3) is 0.647. The Bertz CT molecular complexity index is 439. The van der Waals surface area contributed by atoms with Crippen LogP contribution in [0, 0.1) is 5.92 Å². The van der Waals surface area contributed by atoms with E-state index >= 15 is 0 Å². The van der Waals surface area contributed by atoms with Gasteiger partial charge in [-0.3, -0.25) is 0 Å². The minimum absolute atomic E-state index is 0.383. The molecule has 0 aromatic heterocycles. The van der Waals surface area contributed by atoms with Crippen LogP contribution in [0.15, 0.2) is 24.3 Å². The van der Waals surface area contributed by atoms with Gasteiger partial charge >= 0.3 is 0 Å². The zero-order chi connectivity index (χ0) is 14.7. The van der Waals surface area contributed by atoms with Gasteiger partial charge in [0.1, 0.15) is 0 Å². The molecule has 1 aromatic rings. The number of halogens is 1. The summed E-state index contributed by atoms with van der Waals surface area (Å²) >= 11 is 5.87. The number of benzene rings is 1. The minimum atomic E-state index is -0.383. The number of aliphatic hydroxyl groups is 1. The first kappa shape index (κ1) is 15.3. The predicted molar refractivity (Wildman–Crippen MR) is 86.6 cm³/mol. The maximum atomic E-state index is 10.2. The van der Waals surface area contributed by atoms with Crippen LogP contribution in [0.25, 0.3) is 0 Å². The van der Waals surface area contributed by atoms with Gasteiger partial charge in [0.25, 0.3) is 0 Å². The summed E-state index contributed by atoms with van der Waals surface area (Å²) in [5.41, 5.74) is 0.965. The number of hydrogen-bond donors (Lipinski definition) is 1. The summed E-state index contributed by atoms with van der Waals surface area (Å²) in [4.78, 5) is 5.08. The van der Waals surface area contributed by atoms with Gasteiger partial charge in [-0.1, -0.05) is 23.7 Å². The van der Waals surface area contributed by atoms with Crippen molar-refractivity contribution in [3.63, 3.8) is 0 Å². The van der Waals surface area contributed by atoms with Crippen LogP contribution in [0.4, 0.5) is 0 Å². The monoisotopic (exact) mass is 308 g/mol. The van der Waals surface area contributed by atoms with Crippen molar-refractivity contribution in [1.29, 1.82) is 0 Å². The van der Waals surface area contributed by atoms with Gasteiger partial charge in [-0.05, 0) is 42.9 Å². The molecule has 3 nitrogen and oxygen atoms in total. The molecule has 1 saturated carbocycles. The van der Waals surface area contributed by atoms with Gasteiger partial charge in [-0.25, -0.2) is 0 Å². The molecule has 0 radical (unpaired) electrons. The summed E-state index contributed by atoms with van der Waals surface area (Å²) in [6, 6.07) is 7.52. The molecule has 1 saturated heterocycles. The highest BCUT2D eigenvalue weighted by Crippen LogP contribution is 2.30. The van der Waals surface area contributed by atoms with Crippen LogP contribution in [0.5, 0.6) is 0 Å². The smallest absolute Gasteiger partial charge is 0.0802 e. The molecule has 2 aliphatic rings. The van der Waals surface area contributed by atoms with E-state index in [1.54, 1.807) is 0 Å². The van der Waals surface area contributed by atoms with E-state index in [0.29, 0.717) is 0 Å². The largest absolute Gasteiger partial charge is 0.388 e. The van der Waals surface area contributed by atoms with Crippen LogP contribution < -0.4 is 0 Å². The third-order valence-corrected chi connectivity index (χ3v) is 4.90. The van der Waals surface area contributed by atoms with Gasteiger partial charge in [0.2, 0.25) is 0 Å². The first-order valence-electron chi connectivity index (χ1n) is 8.09. The Morgan fingerprint density at radius 1 is 1.05 bits per heavy atom. The van der Waals surface area contributed by atoms with Gasteiger partial charge in [-0.15, -0.1) is 0 Å². The van der Waals surface area contributed by atoms with Crippen LogP contribution >= 0.6 is 11.6 Å². The lowest BCUT2D eigenvalue weighted by Gasteiger charge is -2.35. The predicted octanol–water partition coefficient (Wildman–Crippen LogP) is 2.79. The number of nitrogens with zero attached hydrogens (tertiary/aromatic N) is 2. The Hall–Kier alpha value is -0.610. The SMILES string of the molecule is OC(CCN1CCN(CC2CC2)CC1)c1ccc(Cl)cc1. The van der Waals surface area contributed by atoms with Crippen molar-refractivity contribution in [2.75, 3.05) is 39.3 Å². The number of hydrogen-bond acceptors (Lipinski definition) is 3. The van der Waals surface area contributed by atoms with Gasteiger partial charge in [0.05, 0.1) is 6.10 Å². The Morgan fingerprint density at radius 2 is 1.67 bits per heavy atom. The molecular weight excluding hydrogens is 284 g/mol. The maximum Gasteiger partial charge on any atom is 0.0802 e. The summed E-state index contributed by atoms with van der Waals surface area (Å²) in [6.45, 7) is 6.93. The van der Waals surface area contributed by atoms with Crippen molar-refractivity contribution in [3.8, 4) is 0 Å². The van der Waals surface area contributed by atoms with Crippen molar-refractivity contribution < 1.29 is 5.11 Å². The molecule has 0 spiro atoms. The van der Waals surface area contributed by atoms with Crippen LogP contribution in [-0.2, 0) is 0 Å². The van der Waals surface area contributed by atoms with Gasteiger partial charge in [0.15, 0.2) is 0 Å². The Kier molecular flexibility index (Phi) is 5.17. The maximum absolute atomic E-state index is 10.2. The molecule has 3 rings (SSSR count). The zero-order valence-corrected chi connectivity index (χ0v) is 13.3. The third kappa shape index (κ3) is 4.68. The zero-order valence-electron chi connectivity index (χ0n) is 12.5. The molecule has 1 aliphatic carbocycles. The summed E-state index contributed by atoms with van der Waals surface area (Å²) in [5, 5.41) is 11.0. The average Bonchev–Trinajstić information content (AvgIpc) is 3.31. The lowest BCUT2D eigenvalue weighted by atomic mass is 10.1. The lowest BCUT2D eigenvalue weighted by molar-refractivity contribution is 0.100. The van der Waals surface area contributed by atoms with Crippen molar-refractivity contribution in [2.24, 2.45) is 5.92 Å². The normalized spacial score (nSPS) is 22.4. The highest BCUT2D eigenvalue weighted by Gasteiger charge is 2.26. The first-order chi connectivity index (χ1) is 10.2. The molecule has 116 valence electrons. The second-order valence-electron chi connectivity index (χ2n) is 6.44.